The Hall–Kier alpha value is -1.66. The van der Waals surface area contributed by atoms with Gasteiger partial charge in [-0.05, 0) is 31.4 Å². The molecule has 22 heavy (non-hydrogen) atoms. The second-order valence-electron chi connectivity index (χ2n) is 5.15. The van der Waals surface area contributed by atoms with Gasteiger partial charge in [0.05, 0.1) is 11.6 Å². The molecule has 1 aliphatic rings. The van der Waals surface area contributed by atoms with Crippen LogP contribution in [0.1, 0.15) is 36.6 Å². The fraction of sp³-hybridized carbons (Fsp3) is 0.400. The molecular weight excluding hydrogens is 322 g/mol. The summed E-state index contributed by atoms with van der Waals surface area (Å²) in [6, 6.07) is 7.29. The number of benzene rings is 1. The Kier molecular flexibility index (Phi) is 4.90. The van der Waals surface area contributed by atoms with E-state index in [1.54, 1.807) is 6.07 Å². The third-order valence-corrected chi connectivity index (χ3v) is 4.57. The van der Waals surface area contributed by atoms with Crippen LogP contribution in [-0.4, -0.2) is 22.7 Å². The number of nitrogens with zero attached hydrogens (tertiary/aromatic N) is 2. The molecular formula is C15H16ClN3O2S. The minimum absolute atomic E-state index is 0.0683. The second kappa shape index (κ2) is 7.07. The van der Waals surface area contributed by atoms with Crippen molar-refractivity contribution in [3.05, 3.63) is 34.3 Å². The van der Waals surface area contributed by atoms with E-state index in [1.165, 1.54) is 24.2 Å². The van der Waals surface area contributed by atoms with Crippen LogP contribution in [0.25, 0.3) is 0 Å². The van der Waals surface area contributed by atoms with Crippen molar-refractivity contribution in [3.63, 3.8) is 0 Å². The highest BCUT2D eigenvalue weighted by Gasteiger charge is 2.27. The van der Waals surface area contributed by atoms with Crippen LogP contribution >= 0.6 is 22.9 Å². The average Bonchev–Trinajstić information content (AvgIpc) is 3.26. The summed E-state index contributed by atoms with van der Waals surface area (Å²) in [4.78, 5) is 11.8. The van der Waals surface area contributed by atoms with Crippen LogP contribution in [0.3, 0.4) is 0 Å². The van der Waals surface area contributed by atoms with Gasteiger partial charge in [-0.25, -0.2) is 0 Å². The molecule has 3 rings (SSSR count). The monoisotopic (exact) mass is 337 g/mol. The van der Waals surface area contributed by atoms with Crippen molar-refractivity contribution in [2.24, 2.45) is 0 Å². The van der Waals surface area contributed by atoms with Crippen molar-refractivity contribution in [3.8, 4) is 5.75 Å². The van der Waals surface area contributed by atoms with E-state index in [4.69, 9.17) is 16.3 Å². The zero-order chi connectivity index (χ0) is 15.4. The van der Waals surface area contributed by atoms with Crippen molar-refractivity contribution in [1.29, 1.82) is 0 Å². The van der Waals surface area contributed by atoms with Gasteiger partial charge in [-0.1, -0.05) is 35.1 Å². The Bertz CT molecular complexity index is 658. The number of amides is 1. The van der Waals surface area contributed by atoms with Crippen molar-refractivity contribution in [1.82, 2.24) is 10.2 Å². The van der Waals surface area contributed by atoms with E-state index < -0.39 is 0 Å². The topological polar surface area (TPSA) is 64.1 Å². The van der Waals surface area contributed by atoms with Gasteiger partial charge in [-0.15, -0.1) is 10.2 Å². The number of hydrogen-bond acceptors (Lipinski definition) is 5. The zero-order valence-electron chi connectivity index (χ0n) is 11.9. The molecule has 0 atom stereocenters. The number of ether oxygens (including phenoxy) is 1. The summed E-state index contributed by atoms with van der Waals surface area (Å²) in [5, 5.41) is 13.0. The van der Waals surface area contributed by atoms with Crippen LogP contribution in [0, 0.1) is 0 Å². The zero-order valence-corrected chi connectivity index (χ0v) is 13.5. The summed E-state index contributed by atoms with van der Waals surface area (Å²) < 4.78 is 5.54. The van der Waals surface area contributed by atoms with Crippen LogP contribution < -0.4 is 10.1 Å². The summed E-state index contributed by atoms with van der Waals surface area (Å²) in [6.07, 6.45) is 3.36. The number of halogens is 1. The Labute approximate surface area is 137 Å². The van der Waals surface area contributed by atoms with E-state index in [2.05, 4.69) is 15.5 Å². The Morgan fingerprint density at radius 2 is 2.18 bits per heavy atom. The minimum Gasteiger partial charge on any atom is -0.492 e. The Morgan fingerprint density at radius 3 is 2.95 bits per heavy atom. The molecule has 1 amide bonds. The summed E-state index contributed by atoms with van der Waals surface area (Å²) in [7, 11) is 0. The lowest BCUT2D eigenvalue weighted by molar-refractivity contribution is -0.116. The highest BCUT2D eigenvalue weighted by molar-refractivity contribution is 7.15. The van der Waals surface area contributed by atoms with Gasteiger partial charge in [0.2, 0.25) is 11.0 Å². The van der Waals surface area contributed by atoms with Gasteiger partial charge in [-0.2, -0.15) is 0 Å². The molecule has 116 valence electrons. The predicted octanol–water partition coefficient (Wildman–Crippen LogP) is 3.87. The maximum atomic E-state index is 11.8. The van der Waals surface area contributed by atoms with Crippen LogP contribution in [-0.2, 0) is 4.79 Å². The number of nitrogens with one attached hydrogen (secondary N) is 1. The van der Waals surface area contributed by atoms with Crippen molar-refractivity contribution in [2.75, 3.05) is 11.9 Å². The number of hydrogen-bond donors (Lipinski definition) is 1. The number of para-hydroxylation sites is 1. The molecule has 1 aromatic heterocycles. The molecule has 0 radical (unpaired) electrons. The fourth-order valence-electron chi connectivity index (χ4n) is 1.94. The lowest BCUT2D eigenvalue weighted by Crippen LogP contribution is -2.12. The first-order chi connectivity index (χ1) is 10.7. The first kappa shape index (κ1) is 15.2. The molecule has 1 saturated carbocycles. The van der Waals surface area contributed by atoms with Gasteiger partial charge in [0, 0.05) is 12.3 Å². The van der Waals surface area contributed by atoms with Crippen LogP contribution in [0.4, 0.5) is 5.13 Å². The molecule has 1 heterocycles. The molecule has 0 unspecified atom stereocenters. The van der Waals surface area contributed by atoms with Crippen LogP contribution in [0.5, 0.6) is 5.75 Å². The summed E-state index contributed by atoms with van der Waals surface area (Å²) in [6.45, 7) is 0.445. The van der Waals surface area contributed by atoms with E-state index in [0.29, 0.717) is 41.3 Å². The van der Waals surface area contributed by atoms with Crippen molar-refractivity contribution < 1.29 is 9.53 Å². The Balaban J connectivity index is 1.37. The number of rotatable bonds is 7. The molecule has 1 aliphatic carbocycles. The summed E-state index contributed by atoms with van der Waals surface area (Å²) in [5.74, 6) is 1.14. The highest BCUT2D eigenvalue weighted by Crippen LogP contribution is 2.42. The first-order valence-electron chi connectivity index (χ1n) is 7.23. The van der Waals surface area contributed by atoms with Gasteiger partial charge in [-0.3, -0.25) is 4.79 Å². The van der Waals surface area contributed by atoms with Crippen LogP contribution in [0.15, 0.2) is 24.3 Å². The highest BCUT2D eigenvalue weighted by atomic mass is 35.5. The summed E-state index contributed by atoms with van der Waals surface area (Å²) >= 11 is 7.45. The number of aromatic nitrogens is 2. The third-order valence-electron chi connectivity index (χ3n) is 3.26. The van der Waals surface area contributed by atoms with E-state index in [-0.39, 0.29) is 5.91 Å². The first-order valence-corrected chi connectivity index (χ1v) is 8.42. The van der Waals surface area contributed by atoms with Gasteiger partial charge in [0.25, 0.3) is 0 Å². The Morgan fingerprint density at radius 1 is 1.36 bits per heavy atom. The molecule has 0 spiro atoms. The van der Waals surface area contributed by atoms with E-state index in [1.807, 2.05) is 18.2 Å². The molecule has 1 fully saturated rings. The lowest BCUT2D eigenvalue weighted by atomic mass is 10.3. The summed E-state index contributed by atoms with van der Waals surface area (Å²) in [5.41, 5.74) is 0. The van der Waals surface area contributed by atoms with Gasteiger partial charge < -0.3 is 10.1 Å². The molecule has 0 saturated heterocycles. The quantitative estimate of drug-likeness (QED) is 0.779. The normalized spacial score (nSPS) is 13.9. The molecule has 5 nitrogen and oxygen atoms in total. The van der Waals surface area contributed by atoms with E-state index in [0.717, 1.165) is 5.01 Å². The molecule has 2 aromatic rings. The number of carbonyl (C=O) groups excluding carboxylic acids is 1. The number of anilines is 1. The fourth-order valence-corrected chi connectivity index (χ4v) is 3.06. The molecule has 0 bridgehead atoms. The average molecular weight is 338 g/mol. The molecule has 1 N–H and O–H groups in total. The van der Waals surface area contributed by atoms with Crippen molar-refractivity contribution >= 4 is 34.0 Å². The number of carbonyl (C=O) groups is 1. The maximum absolute atomic E-state index is 11.8. The molecule has 0 aliphatic heterocycles. The minimum atomic E-state index is -0.0683. The van der Waals surface area contributed by atoms with E-state index >= 15 is 0 Å². The predicted molar refractivity (Wildman–Crippen MR) is 86.7 cm³/mol. The second-order valence-corrected chi connectivity index (χ2v) is 6.57. The SMILES string of the molecule is O=C(CCCOc1ccccc1Cl)Nc1nnc(C2CC2)s1. The van der Waals surface area contributed by atoms with Gasteiger partial charge in [0.15, 0.2) is 0 Å². The van der Waals surface area contributed by atoms with Gasteiger partial charge in [0.1, 0.15) is 10.8 Å². The maximum Gasteiger partial charge on any atom is 0.226 e. The van der Waals surface area contributed by atoms with Gasteiger partial charge >= 0.3 is 0 Å². The van der Waals surface area contributed by atoms with Crippen LogP contribution in [0.2, 0.25) is 5.02 Å². The van der Waals surface area contributed by atoms with E-state index in [9.17, 15) is 4.79 Å². The molecule has 7 heteroatoms. The third kappa shape index (κ3) is 4.18. The standard InChI is InChI=1S/C15H16ClN3O2S/c16-11-4-1-2-5-12(11)21-9-3-6-13(20)17-15-19-18-14(22-15)10-7-8-10/h1-2,4-5,10H,3,6-9H2,(H,17,19,20). The smallest absolute Gasteiger partial charge is 0.226 e. The lowest BCUT2D eigenvalue weighted by Gasteiger charge is -2.07. The largest absolute Gasteiger partial charge is 0.492 e. The van der Waals surface area contributed by atoms with Crippen molar-refractivity contribution in [2.45, 2.75) is 31.6 Å². The molecule has 1 aromatic carbocycles.